The van der Waals surface area contributed by atoms with Gasteiger partial charge in [-0.2, -0.15) is 0 Å². The zero-order chi connectivity index (χ0) is 14.6. The van der Waals surface area contributed by atoms with E-state index in [1.807, 2.05) is 24.5 Å². The van der Waals surface area contributed by atoms with Crippen molar-refractivity contribution in [3.05, 3.63) is 23.0 Å². The van der Waals surface area contributed by atoms with Crippen LogP contribution in [0.25, 0.3) is 0 Å². The molecule has 1 amide bonds. The van der Waals surface area contributed by atoms with Crippen molar-refractivity contribution >= 4 is 23.3 Å². The number of aryl methyl sites for hydroxylation is 1. The third-order valence-corrected chi connectivity index (χ3v) is 3.10. The lowest BCUT2D eigenvalue weighted by molar-refractivity contribution is -0.122. The summed E-state index contributed by atoms with van der Waals surface area (Å²) in [4.78, 5) is 22.5. The van der Waals surface area contributed by atoms with Gasteiger partial charge in [0.1, 0.15) is 6.61 Å². The zero-order valence-corrected chi connectivity index (χ0v) is 12.2. The largest absolute Gasteiger partial charge is 0.370 e. The van der Waals surface area contributed by atoms with Crippen molar-refractivity contribution in [2.75, 3.05) is 13.2 Å². The Balaban J connectivity index is 2.74. The lowest BCUT2D eigenvalue weighted by Crippen LogP contribution is -2.20. The van der Waals surface area contributed by atoms with Gasteiger partial charge in [0.25, 0.3) is 0 Å². The van der Waals surface area contributed by atoms with Crippen LogP contribution in [0, 0.1) is 13.8 Å². The number of Topliss-reactive ketones (excluding diaryl/α,β-unsaturated/α-hetero) is 1. The van der Waals surface area contributed by atoms with E-state index in [9.17, 15) is 9.59 Å². The van der Waals surface area contributed by atoms with Gasteiger partial charge in [0, 0.05) is 23.5 Å². The number of rotatable bonds is 7. The number of nitrogens with two attached hydrogens (primary N) is 1. The van der Waals surface area contributed by atoms with Crippen molar-refractivity contribution in [3.63, 3.8) is 0 Å². The molecule has 1 heterocycles. The van der Waals surface area contributed by atoms with E-state index in [1.165, 1.54) is 0 Å². The summed E-state index contributed by atoms with van der Waals surface area (Å²) < 4.78 is 7.09. The molecule has 2 N–H and O–H groups in total. The molecule has 1 unspecified atom stereocenters. The van der Waals surface area contributed by atoms with Crippen molar-refractivity contribution in [1.82, 2.24) is 4.57 Å². The highest BCUT2D eigenvalue weighted by atomic mass is 35.5. The van der Waals surface area contributed by atoms with Gasteiger partial charge in [-0.3, -0.25) is 9.59 Å². The molecule has 1 atom stereocenters. The van der Waals surface area contributed by atoms with Gasteiger partial charge in [-0.05, 0) is 26.8 Å². The summed E-state index contributed by atoms with van der Waals surface area (Å²) in [5.41, 5.74) is 7.43. The monoisotopic (exact) mass is 286 g/mol. The predicted molar refractivity (Wildman–Crippen MR) is 73.6 cm³/mol. The molecule has 0 radical (unpaired) electrons. The maximum atomic E-state index is 11.9. The number of primary amides is 1. The number of amides is 1. The smallest absolute Gasteiger partial charge is 0.243 e. The van der Waals surface area contributed by atoms with Crippen LogP contribution in [-0.4, -0.2) is 34.8 Å². The van der Waals surface area contributed by atoms with Crippen LogP contribution in [0.15, 0.2) is 6.07 Å². The van der Waals surface area contributed by atoms with E-state index in [1.54, 1.807) is 6.92 Å². The topological polar surface area (TPSA) is 74.3 Å². The predicted octanol–water partition coefficient (Wildman–Crippen LogP) is 1.42. The second-order valence-corrected chi connectivity index (χ2v) is 5.09. The molecule has 0 aromatic carbocycles. The highest BCUT2D eigenvalue weighted by molar-refractivity contribution is 6.33. The minimum atomic E-state index is -0.542. The highest BCUT2D eigenvalue weighted by Crippen LogP contribution is 2.18. The van der Waals surface area contributed by atoms with Gasteiger partial charge < -0.3 is 15.0 Å². The van der Waals surface area contributed by atoms with Crippen LogP contribution in [-0.2, 0) is 16.1 Å². The van der Waals surface area contributed by atoms with E-state index in [0.29, 0.717) is 18.7 Å². The first-order valence-corrected chi connectivity index (χ1v) is 6.49. The maximum Gasteiger partial charge on any atom is 0.243 e. The van der Waals surface area contributed by atoms with Gasteiger partial charge in [-0.25, -0.2) is 0 Å². The molecule has 1 aromatic rings. The number of halogens is 1. The summed E-state index contributed by atoms with van der Waals surface area (Å²) in [6, 6.07) is 1.82. The van der Waals surface area contributed by atoms with Gasteiger partial charge >= 0.3 is 0 Å². The number of alkyl halides is 1. The molecule has 0 bridgehead atoms. The lowest BCUT2D eigenvalue weighted by Gasteiger charge is -2.10. The molecular formula is C13H19ClN2O3. The Kier molecular flexibility index (Phi) is 5.57. The summed E-state index contributed by atoms with van der Waals surface area (Å²) in [7, 11) is 0. The minimum Gasteiger partial charge on any atom is -0.370 e. The number of ketones is 1. The number of ether oxygens (including phenoxy) is 1. The number of carbonyl (C=O) groups is 2. The Bertz CT molecular complexity index is 480. The molecule has 5 nitrogen and oxygen atoms in total. The fourth-order valence-corrected chi connectivity index (χ4v) is 2.06. The van der Waals surface area contributed by atoms with E-state index < -0.39 is 11.3 Å². The standard InChI is InChI=1S/C13H19ClN2O3/c1-8-6-11(13(18)9(2)14)10(3)16(8)4-5-19-7-12(15)17/h6,9H,4-5,7H2,1-3H3,(H2,15,17). The average molecular weight is 287 g/mol. The fraction of sp³-hybridized carbons (Fsp3) is 0.538. The van der Waals surface area contributed by atoms with E-state index in [2.05, 4.69) is 0 Å². The maximum absolute atomic E-state index is 11.9. The molecule has 19 heavy (non-hydrogen) atoms. The van der Waals surface area contributed by atoms with E-state index >= 15 is 0 Å². The third-order valence-electron chi connectivity index (χ3n) is 2.90. The van der Waals surface area contributed by atoms with E-state index in [4.69, 9.17) is 22.1 Å². The SMILES string of the molecule is Cc1cc(C(=O)C(C)Cl)c(C)n1CCOCC(N)=O. The Morgan fingerprint density at radius 3 is 2.63 bits per heavy atom. The first kappa shape index (κ1) is 15.7. The van der Waals surface area contributed by atoms with Gasteiger partial charge in [-0.15, -0.1) is 11.6 Å². The van der Waals surface area contributed by atoms with Gasteiger partial charge in [0.15, 0.2) is 5.78 Å². The van der Waals surface area contributed by atoms with Crippen LogP contribution in [0.3, 0.4) is 0 Å². The lowest BCUT2D eigenvalue weighted by atomic mass is 10.1. The van der Waals surface area contributed by atoms with Crippen LogP contribution in [0.2, 0.25) is 0 Å². The molecule has 1 aromatic heterocycles. The summed E-state index contributed by atoms with van der Waals surface area (Å²) in [6.45, 7) is 6.28. The number of carbonyl (C=O) groups excluding carboxylic acids is 2. The van der Waals surface area contributed by atoms with Crippen LogP contribution < -0.4 is 5.73 Å². The van der Waals surface area contributed by atoms with Gasteiger partial charge in [0.2, 0.25) is 5.91 Å². The second kappa shape index (κ2) is 6.73. The zero-order valence-electron chi connectivity index (χ0n) is 11.4. The summed E-state index contributed by atoms with van der Waals surface area (Å²) in [5, 5.41) is -0.542. The minimum absolute atomic E-state index is 0.0842. The summed E-state index contributed by atoms with van der Waals surface area (Å²) >= 11 is 5.82. The van der Waals surface area contributed by atoms with E-state index in [-0.39, 0.29) is 12.4 Å². The Morgan fingerprint density at radius 1 is 1.47 bits per heavy atom. The molecule has 6 heteroatoms. The van der Waals surface area contributed by atoms with Crippen molar-refractivity contribution < 1.29 is 14.3 Å². The molecular weight excluding hydrogens is 268 g/mol. The van der Waals surface area contributed by atoms with Crippen LogP contribution in [0.1, 0.15) is 28.7 Å². The van der Waals surface area contributed by atoms with Crippen LogP contribution >= 0.6 is 11.6 Å². The third kappa shape index (κ3) is 4.08. The highest BCUT2D eigenvalue weighted by Gasteiger charge is 2.19. The molecule has 0 fully saturated rings. The molecule has 106 valence electrons. The Labute approximate surface area is 117 Å². The Hall–Kier alpha value is -1.33. The number of hydrogen-bond donors (Lipinski definition) is 1. The quantitative estimate of drug-likeness (QED) is 0.468. The second-order valence-electron chi connectivity index (χ2n) is 4.44. The van der Waals surface area contributed by atoms with Crippen LogP contribution in [0.5, 0.6) is 0 Å². The number of hydrogen-bond acceptors (Lipinski definition) is 3. The normalized spacial score (nSPS) is 12.4. The van der Waals surface area contributed by atoms with Crippen molar-refractivity contribution in [1.29, 1.82) is 0 Å². The molecule has 0 saturated carbocycles. The summed E-state index contributed by atoms with van der Waals surface area (Å²) in [6.07, 6.45) is 0. The van der Waals surface area contributed by atoms with Crippen molar-refractivity contribution in [2.45, 2.75) is 32.7 Å². The first-order valence-electron chi connectivity index (χ1n) is 6.05. The van der Waals surface area contributed by atoms with E-state index in [0.717, 1.165) is 11.4 Å². The Morgan fingerprint density at radius 2 is 2.11 bits per heavy atom. The molecule has 0 spiro atoms. The first-order chi connectivity index (χ1) is 8.84. The van der Waals surface area contributed by atoms with Crippen molar-refractivity contribution in [3.8, 4) is 0 Å². The molecule has 0 aliphatic carbocycles. The molecule has 0 aliphatic rings. The molecule has 1 rings (SSSR count). The van der Waals surface area contributed by atoms with Gasteiger partial charge in [-0.1, -0.05) is 0 Å². The average Bonchev–Trinajstić information content (AvgIpc) is 2.60. The molecule has 0 aliphatic heterocycles. The fourth-order valence-electron chi connectivity index (χ4n) is 1.94. The van der Waals surface area contributed by atoms with Gasteiger partial charge in [0.05, 0.1) is 12.0 Å². The van der Waals surface area contributed by atoms with Crippen LogP contribution in [0.4, 0.5) is 0 Å². The summed E-state index contributed by atoms with van der Waals surface area (Å²) in [5.74, 6) is -0.577. The number of aromatic nitrogens is 1. The number of nitrogens with zero attached hydrogens (tertiary/aromatic N) is 1. The molecule has 0 saturated heterocycles. The van der Waals surface area contributed by atoms with Crippen molar-refractivity contribution in [2.24, 2.45) is 5.73 Å².